The van der Waals surface area contributed by atoms with Gasteiger partial charge in [-0.25, -0.2) is 4.98 Å². The van der Waals surface area contributed by atoms with Gasteiger partial charge in [-0.2, -0.15) is 0 Å². The zero-order valence-corrected chi connectivity index (χ0v) is 12.4. The van der Waals surface area contributed by atoms with E-state index in [1.165, 1.54) is 0 Å². The standard InChI is InChI=1S/C15H21N3O2/c1-15(2,3)10-5-7-12(16-9-10)18(4)11-6-8-13(19)17-14(11)20/h5,7,9,11H,6,8H2,1-4H3,(H,17,19,20). The van der Waals surface area contributed by atoms with Crippen LogP contribution in [0.3, 0.4) is 0 Å². The molecule has 0 spiro atoms. The maximum atomic E-state index is 11.8. The van der Waals surface area contributed by atoms with Gasteiger partial charge in [-0.05, 0) is 23.5 Å². The van der Waals surface area contributed by atoms with Crippen LogP contribution >= 0.6 is 0 Å². The number of nitrogens with one attached hydrogen (secondary N) is 1. The van der Waals surface area contributed by atoms with Gasteiger partial charge in [0.05, 0.1) is 0 Å². The smallest absolute Gasteiger partial charge is 0.249 e. The summed E-state index contributed by atoms with van der Waals surface area (Å²) in [6, 6.07) is 3.62. The fourth-order valence-corrected chi connectivity index (χ4v) is 2.25. The molecule has 1 aliphatic rings. The molecule has 2 heterocycles. The summed E-state index contributed by atoms with van der Waals surface area (Å²) in [5.41, 5.74) is 1.21. The number of carbonyl (C=O) groups excluding carboxylic acids is 2. The number of piperidine rings is 1. The third-order valence-corrected chi connectivity index (χ3v) is 3.65. The van der Waals surface area contributed by atoms with E-state index in [4.69, 9.17) is 0 Å². The van der Waals surface area contributed by atoms with Crippen LogP contribution < -0.4 is 10.2 Å². The van der Waals surface area contributed by atoms with Gasteiger partial charge in [-0.15, -0.1) is 0 Å². The summed E-state index contributed by atoms with van der Waals surface area (Å²) in [6.45, 7) is 6.40. The molecule has 1 aromatic heterocycles. The summed E-state index contributed by atoms with van der Waals surface area (Å²) >= 11 is 0. The average Bonchev–Trinajstić information content (AvgIpc) is 2.37. The number of aromatic nitrogens is 1. The van der Waals surface area contributed by atoms with Crippen LogP contribution in [0.1, 0.15) is 39.2 Å². The lowest BCUT2D eigenvalue weighted by atomic mass is 9.88. The van der Waals surface area contributed by atoms with Crippen LogP contribution in [0.5, 0.6) is 0 Å². The number of carbonyl (C=O) groups is 2. The lowest BCUT2D eigenvalue weighted by Gasteiger charge is -2.30. The highest BCUT2D eigenvalue weighted by Gasteiger charge is 2.30. The van der Waals surface area contributed by atoms with Crippen molar-refractivity contribution in [1.29, 1.82) is 0 Å². The van der Waals surface area contributed by atoms with Gasteiger partial charge in [0, 0.05) is 19.7 Å². The van der Waals surface area contributed by atoms with Crippen LogP contribution in [-0.2, 0) is 15.0 Å². The van der Waals surface area contributed by atoms with Crippen molar-refractivity contribution in [2.75, 3.05) is 11.9 Å². The van der Waals surface area contributed by atoms with Crippen LogP contribution in [-0.4, -0.2) is 29.9 Å². The van der Waals surface area contributed by atoms with Crippen LogP contribution in [0, 0.1) is 0 Å². The minimum atomic E-state index is -0.333. The molecule has 1 unspecified atom stereocenters. The van der Waals surface area contributed by atoms with Crippen LogP contribution in [0.2, 0.25) is 0 Å². The van der Waals surface area contributed by atoms with Gasteiger partial charge in [0.2, 0.25) is 11.8 Å². The van der Waals surface area contributed by atoms with E-state index in [2.05, 4.69) is 31.1 Å². The molecule has 1 aliphatic heterocycles. The molecule has 5 heteroatoms. The maximum absolute atomic E-state index is 11.8. The molecule has 5 nitrogen and oxygen atoms in total. The van der Waals surface area contributed by atoms with Gasteiger partial charge in [0.1, 0.15) is 11.9 Å². The second-order valence-corrected chi connectivity index (χ2v) is 6.23. The number of pyridine rings is 1. The molecule has 1 fully saturated rings. The number of amides is 2. The highest BCUT2D eigenvalue weighted by Crippen LogP contribution is 2.24. The normalized spacial score (nSPS) is 19.7. The molecule has 0 bridgehead atoms. The Hall–Kier alpha value is -1.91. The molecule has 0 aromatic carbocycles. The Morgan fingerprint density at radius 3 is 2.50 bits per heavy atom. The van der Waals surface area contributed by atoms with E-state index in [0.717, 1.165) is 11.4 Å². The molecular weight excluding hydrogens is 254 g/mol. The van der Waals surface area contributed by atoms with E-state index in [-0.39, 0.29) is 23.3 Å². The second kappa shape index (κ2) is 5.23. The molecule has 2 rings (SSSR count). The minimum absolute atomic E-state index is 0.0543. The maximum Gasteiger partial charge on any atom is 0.249 e. The van der Waals surface area contributed by atoms with Crippen LogP contribution in [0.25, 0.3) is 0 Å². The second-order valence-electron chi connectivity index (χ2n) is 6.23. The van der Waals surface area contributed by atoms with Crippen LogP contribution in [0.15, 0.2) is 18.3 Å². The number of hydrogen-bond acceptors (Lipinski definition) is 4. The predicted octanol–water partition coefficient (Wildman–Crippen LogP) is 1.62. The molecule has 2 amide bonds. The number of imide groups is 1. The van der Waals surface area contributed by atoms with Crippen molar-refractivity contribution in [1.82, 2.24) is 10.3 Å². The SMILES string of the molecule is CN(c1ccc(C(C)(C)C)cn1)C1CCC(=O)NC1=O. The number of rotatable bonds is 2. The number of nitrogens with zero attached hydrogens (tertiary/aromatic N) is 2. The monoisotopic (exact) mass is 275 g/mol. The summed E-state index contributed by atoms with van der Waals surface area (Å²) in [4.78, 5) is 29.3. The van der Waals surface area contributed by atoms with E-state index < -0.39 is 0 Å². The number of likely N-dealkylation sites (N-methyl/N-ethyl adjacent to an activating group) is 1. The van der Waals surface area contributed by atoms with Crippen molar-refractivity contribution in [3.8, 4) is 0 Å². The fourth-order valence-electron chi connectivity index (χ4n) is 2.25. The van der Waals surface area contributed by atoms with Gasteiger partial charge < -0.3 is 4.90 Å². The van der Waals surface area contributed by atoms with E-state index in [1.807, 2.05) is 30.3 Å². The molecule has 1 saturated heterocycles. The van der Waals surface area contributed by atoms with Crippen molar-refractivity contribution < 1.29 is 9.59 Å². The third kappa shape index (κ3) is 2.98. The zero-order valence-electron chi connectivity index (χ0n) is 12.4. The van der Waals surface area contributed by atoms with Crippen molar-refractivity contribution >= 4 is 17.6 Å². The van der Waals surface area contributed by atoms with Crippen molar-refractivity contribution in [2.45, 2.75) is 45.1 Å². The van der Waals surface area contributed by atoms with Crippen molar-refractivity contribution in [3.05, 3.63) is 23.9 Å². The quantitative estimate of drug-likeness (QED) is 0.833. The lowest BCUT2D eigenvalue weighted by molar-refractivity contribution is -0.134. The zero-order chi connectivity index (χ0) is 14.9. The summed E-state index contributed by atoms with van der Waals surface area (Å²) in [5, 5.41) is 2.37. The molecule has 0 aliphatic carbocycles. The molecule has 1 aromatic rings. The lowest BCUT2D eigenvalue weighted by Crippen LogP contribution is -2.51. The van der Waals surface area contributed by atoms with Gasteiger partial charge >= 0.3 is 0 Å². The highest BCUT2D eigenvalue weighted by atomic mass is 16.2. The summed E-state index contributed by atoms with van der Waals surface area (Å²) in [5.74, 6) is 0.300. The van der Waals surface area contributed by atoms with Gasteiger partial charge in [-0.1, -0.05) is 26.8 Å². The Morgan fingerprint density at radius 2 is 2.00 bits per heavy atom. The highest BCUT2D eigenvalue weighted by molar-refractivity contribution is 6.01. The van der Waals surface area contributed by atoms with Crippen molar-refractivity contribution in [3.63, 3.8) is 0 Å². The predicted molar refractivity (Wildman–Crippen MR) is 77.5 cm³/mol. The largest absolute Gasteiger partial charge is 0.348 e. The van der Waals surface area contributed by atoms with Crippen molar-refractivity contribution in [2.24, 2.45) is 0 Å². The first-order chi connectivity index (χ1) is 9.29. The molecule has 1 N–H and O–H groups in total. The Labute approximate surface area is 119 Å². The summed E-state index contributed by atoms with van der Waals surface area (Å²) in [6.07, 6.45) is 2.75. The summed E-state index contributed by atoms with van der Waals surface area (Å²) < 4.78 is 0. The Morgan fingerprint density at radius 1 is 1.30 bits per heavy atom. The first-order valence-corrected chi connectivity index (χ1v) is 6.82. The molecule has 0 radical (unpaired) electrons. The Bertz CT molecular complexity index is 517. The van der Waals surface area contributed by atoms with E-state index >= 15 is 0 Å². The molecule has 108 valence electrons. The van der Waals surface area contributed by atoms with E-state index in [9.17, 15) is 9.59 Å². The Balaban J connectivity index is 2.15. The number of hydrogen-bond donors (Lipinski definition) is 1. The molecule has 0 saturated carbocycles. The Kier molecular flexibility index (Phi) is 3.79. The first kappa shape index (κ1) is 14.5. The summed E-state index contributed by atoms with van der Waals surface area (Å²) in [7, 11) is 1.83. The third-order valence-electron chi connectivity index (χ3n) is 3.65. The average molecular weight is 275 g/mol. The van der Waals surface area contributed by atoms with E-state index in [0.29, 0.717) is 12.8 Å². The van der Waals surface area contributed by atoms with Gasteiger partial charge in [0.25, 0.3) is 0 Å². The first-order valence-electron chi connectivity index (χ1n) is 6.82. The number of anilines is 1. The van der Waals surface area contributed by atoms with Gasteiger partial charge in [-0.3, -0.25) is 14.9 Å². The van der Waals surface area contributed by atoms with E-state index in [1.54, 1.807) is 0 Å². The minimum Gasteiger partial charge on any atom is -0.348 e. The fraction of sp³-hybridized carbons (Fsp3) is 0.533. The van der Waals surface area contributed by atoms with Gasteiger partial charge in [0.15, 0.2) is 0 Å². The molecule has 1 atom stereocenters. The molecule has 20 heavy (non-hydrogen) atoms. The molecular formula is C15H21N3O2. The van der Waals surface area contributed by atoms with Crippen LogP contribution in [0.4, 0.5) is 5.82 Å². The topological polar surface area (TPSA) is 62.3 Å².